The number of hydrogen-bond donors (Lipinski definition) is 2. The van der Waals surface area contributed by atoms with Gasteiger partial charge < -0.3 is 15.5 Å². The fourth-order valence-electron chi connectivity index (χ4n) is 3.76. The zero-order valence-corrected chi connectivity index (χ0v) is 15.8. The fraction of sp³-hybridized carbons (Fsp3) is 0.938. The molecule has 2 heterocycles. The topological polar surface area (TPSA) is 47.6 Å². The Balaban J connectivity index is 0.00000132. The van der Waals surface area contributed by atoms with Crippen LogP contribution in [0.1, 0.15) is 38.5 Å². The summed E-state index contributed by atoms with van der Waals surface area (Å²) in [6.07, 6.45) is 7.45. The van der Waals surface area contributed by atoms with Crippen LogP contribution >= 0.6 is 24.8 Å². The van der Waals surface area contributed by atoms with Gasteiger partial charge in [-0.2, -0.15) is 0 Å². The van der Waals surface area contributed by atoms with Crippen LogP contribution in [0.25, 0.3) is 0 Å². The van der Waals surface area contributed by atoms with Gasteiger partial charge in [0.15, 0.2) is 0 Å². The van der Waals surface area contributed by atoms with Crippen LogP contribution < -0.4 is 10.6 Å². The Bertz CT molecular complexity index is 360. The minimum absolute atomic E-state index is 0. The smallest absolute Gasteiger partial charge is 0.234 e. The van der Waals surface area contributed by atoms with Crippen molar-refractivity contribution in [1.82, 2.24) is 20.4 Å². The summed E-state index contributed by atoms with van der Waals surface area (Å²) in [5, 5.41) is 6.58. The molecule has 1 saturated carbocycles. The number of amides is 1. The number of nitrogens with zero attached hydrogens (tertiary/aromatic N) is 2. The molecule has 1 amide bonds. The third kappa shape index (κ3) is 6.39. The first kappa shape index (κ1) is 21.0. The summed E-state index contributed by atoms with van der Waals surface area (Å²) in [5.41, 5.74) is 0. The molecule has 2 saturated heterocycles. The van der Waals surface area contributed by atoms with Crippen LogP contribution in [0, 0.1) is 0 Å². The van der Waals surface area contributed by atoms with E-state index in [0.717, 1.165) is 32.0 Å². The van der Waals surface area contributed by atoms with Crippen molar-refractivity contribution in [3.8, 4) is 0 Å². The molecule has 7 heteroatoms. The van der Waals surface area contributed by atoms with Crippen LogP contribution in [-0.2, 0) is 4.79 Å². The molecule has 3 fully saturated rings. The summed E-state index contributed by atoms with van der Waals surface area (Å²) >= 11 is 0. The number of carbonyl (C=O) groups excluding carboxylic acids is 1. The van der Waals surface area contributed by atoms with Crippen LogP contribution in [0.3, 0.4) is 0 Å². The quantitative estimate of drug-likeness (QED) is 0.768. The molecule has 0 bridgehead atoms. The highest BCUT2D eigenvalue weighted by molar-refractivity contribution is 5.85. The first-order chi connectivity index (χ1) is 10.2. The van der Waals surface area contributed by atoms with Crippen molar-refractivity contribution in [2.75, 3.05) is 39.8 Å². The first-order valence-corrected chi connectivity index (χ1v) is 8.67. The number of nitrogens with one attached hydrogen (secondary N) is 2. The lowest BCUT2D eigenvalue weighted by molar-refractivity contribution is -0.123. The molecule has 2 aliphatic heterocycles. The third-order valence-electron chi connectivity index (χ3n) is 5.24. The molecule has 1 unspecified atom stereocenters. The Hall–Kier alpha value is -0.0700. The van der Waals surface area contributed by atoms with Crippen LogP contribution in [0.5, 0.6) is 0 Å². The van der Waals surface area contributed by atoms with Crippen molar-refractivity contribution in [3.05, 3.63) is 0 Å². The van der Waals surface area contributed by atoms with Gasteiger partial charge in [-0.25, -0.2) is 0 Å². The average molecular weight is 367 g/mol. The molecule has 0 aromatic rings. The van der Waals surface area contributed by atoms with E-state index in [1.807, 2.05) is 7.05 Å². The molecule has 1 atom stereocenters. The predicted octanol–water partition coefficient (Wildman–Crippen LogP) is 1.26. The highest BCUT2D eigenvalue weighted by Gasteiger charge is 2.32. The maximum atomic E-state index is 12.2. The highest BCUT2D eigenvalue weighted by atomic mass is 35.5. The summed E-state index contributed by atoms with van der Waals surface area (Å²) in [5.74, 6) is 0.219. The average Bonchev–Trinajstić information content (AvgIpc) is 3.33. The second kappa shape index (κ2) is 10.0. The van der Waals surface area contributed by atoms with Crippen LogP contribution in [0.15, 0.2) is 0 Å². The maximum Gasteiger partial charge on any atom is 0.234 e. The summed E-state index contributed by atoms with van der Waals surface area (Å²) in [6, 6.07) is 1.82. The molecule has 136 valence electrons. The molecular weight excluding hydrogens is 335 g/mol. The minimum Gasteiger partial charge on any atom is -0.352 e. The van der Waals surface area contributed by atoms with E-state index in [0.29, 0.717) is 18.6 Å². The summed E-state index contributed by atoms with van der Waals surface area (Å²) in [7, 11) is 2.02. The molecule has 3 rings (SSSR count). The highest BCUT2D eigenvalue weighted by Crippen LogP contribution is 2.29. The molecule has 23 heavy (non-hydrogen) atoms. The van der Waals surface area contributed by atoms with Gasteiger partial charge in [0.05, 0.1) is 6.54 Å². The number of halogens is 2. The predicted molar refractivity (Wildman–Crippen MR) is 98.8 cm³/mol. The van der Waals surface area contributed by atoms with Crippen molar-refractivity contribution in [2.24, 2.45) is 0 Å². The third-order valence-corrected chi connectivity index (χ3v) is 5.24. The van der Waals surface area contributed by atoms with Gasteiger partial charge >= 0.3 is 0 Å². The normalized spacial score (nSPS) is 26.9. The molecular formula is C16H32Cl2N4O. The monoisotopic (exact) mass is 366 g/mol. The number of likely N-dealkylation sites (tertiary alicyclic amines) is 2. The Morgan fingerprint density at radius 2 is 1.70 bits per heavy atom. The maximum absolute atomic E-state index is 12.2. The van der Waals surface area contributed by atoms with Gasteiger partial charge in [0, 0.05) is 37.8 Å². The van der Waals surface area contributed by atoms with Crippen molar-refractivity contribution in [1.29, 1.82) is 0 Å². The SMILES string of the molecule is CNC1CCCN(CC(=O)NC2CCN(C3CC3)CC2)C1.Cl.Cl. The Labute approximate surface area is 152 Å². The van der Waals surface area contributed by atoms with E-state index in [1.165, 1.54) is 38.8 Å². The van der Waals surface area contributed by atoms with E-state index >= 15 is 0 Å². The van der Waals surface area contributed by atoms with Crippen molar-refractivity contribution in [2.45, 2.75) is 56.7 Å². The van der Waals surface area contributed by atoms with Gasteiger partial charge in [-0.1, -0.05) is 0 Å². The molecule has 0 aromatic heterocycles. The summed E-state index contributed by atoms with van der Waals surface area (Å²) in [6.45, 7) is 4.97. The summed E-state index contributed by atoms with van der Waals surface area (Å²) < 4.78 is 0. The Morgan fingerprint density at radius 3 is 2.30 bits per heavy atom. The Morgan fingerprint density at radius 1 is 1.00 bits per heavy atom. The lowest BCUT2D eigenvalue weighted by Gasteiger charge is -2.34. The number of likely N-dealkylation sites (N-methyl/N-ethyl adjacent to an activating group) is 1. The first-order valence-electron chi connectivity index (χ1n) is 8.67. The van der Waals surface area contributed by atoms with Gasteiger partial charge in [0.1, 0.15) is 0 Å². The second-order valence-corrected chi connectivity index (χ2v) is 6.97. The van der Waals surface area contributed by atoms with Gasteiger partial charge in [0.25, 0.3) is 0 Å². The van der Waals surface area contributed by atoms with Gasteiger partial charge in [-0.15, -0.1) is 24.8 Å². The van der Waals surface area contributed by atoms with E-state index in [4.69, 9.17) is 0 Å². The van der Waals surface area contributed by atoms with Crippen molar-refractivity contribution >= 4 is 30.7 Å². The zero-order valence-electron chi connectivity index (χ0n) is 14.1. The fourth-order valence-corrected chi connectivity index (χ4v) is 3.76. The molecule has 1 aliphatic carbocycles. The van der Waals surface area contributed by atoms with Gasteiger partial charge in [-0.3, -0.25) is 9.69 Å². The molecule has 0 aromatic carbocycles. The van der Waals surface area contributed by atoms with Crippen LogP contribution in [0.2, 0.25) is 0 Å². The van der Waals surface area contributed by atoms with Gasteiger partial charge in [0.2, 0.25) is 5.91 Å². The zero-order chi connectivity index (χ0) is 14.7. The lowest BCUT2D eigenvalue weighted by Crippen LogP contribution is -2.51. The molecule has 0 spiro atoms. The van der Waals surface area contributed by atoms with E-state index in [-0.39, 0.29) is 30.7 Å². The molecule has 2 N–H and O–H groups in total. The molecule has 5 nitrogen and oxygen atoms in total. The number of piperidine rings is 2. The van der Waals surface area contributed by atoms with E-state index in [1.54, 1.807) is 0 Å². The van der Waals surface area contributed by atoms with Crippen molar-refractivity contribution < 1.29 is 4.79 Å². The lowest BCUT2D eigenvalue weighted by atomic mass is 10.0. The van der Waals surface area contributed by atoms with E-state index < -0.39 is 0 Å². The second-order valence-electron chi connectivity index (χ2n) is 6.97. The van der Waals surface area contributed by atoms with E-state index in [2.05, 4.69) is 20.4 Å². The Kier molecular flexibility index (Phi) is 9.16. The standard InChI is InChI=1S/C16H30N4O.2ClH/c1-17-14-3-2-8-19(11-14)12-16(21)18-13-6-9-20(10-7-13)15-4-5-15;;/h13-15,17H,2-12H2,1H3,(H,18,21);2*1H. The van der Waals surface area contributed by atoms with Crippen LogP contribution in [0.4, 0.5) is 0 Å². The molecule has 0 radical (unpaired) electrons. The largest absolute Gasteiger partial charge is 0.352 e. The van der Waals surface area contributed by atoms with Crippen molar-refractivity contribution in [3.63, 3.8) is 0 Å². The minimum atomic E-state index is 0. The summed E-state index contributed by atoms with van der Waals surface area (Å²) in [4.78, 5) is 17.1. The number of hydrogen-bond acceptors (Lipinski definition) is 4. The number of carbonyl (C=O) groups is 1. The van der Waals surface area contributed by atoms with Gasteiger partial charge in [-0.05, 0) is 52.1 Å². The van der Waals surface area contributed by atoms with Crippen LogP contribution in [-0.4, -0.2) is 73.6 Å². The van der Waals surface area contributed by atoms with E-state index in [9.17, 15) is 4.79 Å². The molecule has 3 aliphatic rings. The number of rotatable bonds is 5.